The van der Waals surface area contributed by atoms with Crippen molar-refractivity contribution in [3.63, 3.8) is 0 Å². The van der Waals surface area contributed by atoms with E-state index < -0.39 is 0 Å². The monoisotopic (exact) mass is 442 g/mol. The zero-order valence-electron chi connectivity index (χ0n) is 20.7. The highest BCUT2D eigenvalue weighted by Crippen LogP contribution is 2.23. The SMILES string of the molecule is CCNC(=NCCN1CCN(c2cccc(C)c2C)CC1)NC1CCN(C(=O)C(C)C)C1. The Morgan fingerprint density at radius 1 is 1.16 bits per heavy atom. The molecule has 1 amide bonds. The predicted molar refractivity (Wildman–Crippen MR) is 134 cm³/mol. The molecule has 0 spiro atoms. The number of guanidine groups is 1. The van der Waals surface area contributed by atoms with Crippen molar-refractivity contribution < 1.29 is 4.79 Å². The first-order valence-electron chi connectivity index (χ1n) is 12.3. The van der Waals surface area contributed by atoms with E-state index in [4.69, 9.17) is 4.99 Å². The van der Waals surface area contributed by atoms with Crippen LogP contribution in [0.5, 0.6) is 0 Å². The first-order chi connectivity index (χ1) is 15.4. The van der Waals surface area contributed by atoms with E-state index in [-0.39, 0.29) is 17.9 Å². The van der Waals surface area contributed by atoms with Crippen LogP contribution in [0.2, 0.25) is 0 Å². The molecule has 0 saturated carbocycles. The van der Waals surface area contributed by atoms with E-state index in [9.17, 15) is 4.79 Å². The summed E-state index contributed by atoms with van der Waals surface area (Å²) in [6.45, 7) is 18.9. The lowest BCUT2D eigenvalue weighted by molar-refractivity contribution is -0.133. The molecule has 3 rings (SSSR count). The van der Waals surface area contributed by atoms with Crippen LogP contribution < -0.4 is 15.5 Å². The zero-order chi connectivity index (χ0) is 23.1. The summed E-state index contributed by atoms with van der Waals surface area (Å²) in [6.07, 6.45) is 0.975. The highest BCUT2D eigenvalue weighted by molar-refractivity contribution is 5.81. The second kappa shape index (κ2) is 11.5. The summed E-state index contributed by atoms with van der Waals surface area (Å²) in [5.41, 5.74) is 4.14. The average molecular weight is 443 g/mol. The summed E-state index contributed by atoms with van der Waals surface area (Å²) in [6, 6.07) is 6.87. The van der Waals surface area contributed by atoms with Gasteiger partial charge in [-0.25, -0.2) is 0 Å². The van der Waals surface area contributed by atoms with Crippen LogP contribution in [0.15, 0.2) is 23.2 Å². The van der Waals surface area contributed by atoms with Crippen molar-refractivity contribution >= 4 is 17.6 Å². The maximum Gasteiger partial charge on any atom is 0.225 e. The van der Waals surface area contributed by atoms with Crippen LogP contribution in [-0.4, -0.2) is 86.6 Å². The van der Waals surface area contributed by atoms with Gasteiger partial charge in [-0.1, -0.05) is 26.0 Å². The molecule has 2 heterocycles. The number of rotatable bonds is 7. The van der Waals surface area contributed by atoms with E-state index in [0.717, 1.165) is 71.3 Å². The molecule has 1 atom stereocenters. The van der Waals surface area contributed by atoms with Crippen LogP contribution in [0.25, 0.3) is 0 Å². The Kier molecular flexibility index (Phi) is 8.79. The van der Waals surface area contributed by atoms with E-state index in [1.54, 1.807) is 0 Å². The highest BCUT2D eigenvalue weighted by atomic mass is 16.2. The molecular weight excluding hydrogens is 400 g/mol. The number of piperazine rings is 1. The van der Waals surface area contributed by atoms with Crippen molar-refractivity contribution in [2.45, 2.75) is 47.1 Å². The standard InChI is InChI=1S/C25H42N6O/c1-6-26-25(28-22-10-12-31(18-22)24(32)19(2)3)27-11-13-29-14-16-30(17-15-29)23-9-7-8-20(4)21(23)5/h7-9,19,22H,6,10-18H2,1-5H3,(H2,26,27,28). The predicted octanol–water partition coefficient (Wildman–Crippen LogP) is 2.24. The maximum atomic E-state index is 12.2. The summed E-state index contributed by atoms with van der Waals surface area (Å²) in [4.78, 5) is 24.0. The van der Waals surface area contributed by atoms with Crippen molar-refractivity contribution in [2.75, 3.05) is 63.8 Å². The fourth-order valence-corrected chi connectivity index (χ4v) is 4.55. The third-order valence-electron chi connectivity index (χ3n) is 6.65. The molecule has 1 unspecified atom stereocenters. The molecule has 32 heavy (non-hydrogen) atoms. The molecule has 2 N–H and O–H groups in total. The molecule has 0 aromatic heterocycles. The van der Waals surface area contributed by atoms with Gasteiger partial charge in [-0.15, -0.1) is 0 Å². The van der Waals surface area contributed by atoms with E-state index in [1.165, 1.54) is 16.8 Å². The fraction of sp³-hybridized carbons (Fsp3) is 0.680. The minimum atomic E-state index is 0.0611. The van der Waals surface area contributed by atoms with E-state index >= 15 is 0 Å². The van der Waals surface area contributed by atoms with Gasteiger partial charge in [0.15, 0.2) is 5.96 Å². The van der Waals surface area contributed by atoms with Gasteiger partial charge in [0.05, 0.1) is 6.54 Å². The summed E-state index contributed by atoms with van der Waals surface area (Å²) < 4.78 is 0. The van der Waals surface area contributed by atoms with Crippen LogP contribution in [0.1, 0.15) is 38.3 Å². The lowest BCUT2D eigenvalue weighted by Gasteiger charge is -2.36. The second-order valence-corrected chi connectivity index (χ2v) is 9.38. The van der Waals surface area contributed by atoms with Gasteiger partial charge in [0, 0.05) is 70.0 Å². The van der Waals surface area contributed by atoms with Gasteiger partial charge in [0.25, 0.3) is 0 Å². The van der Waals surface area contributed by atoms with Crippen molar-refractivity contribution in [1.82, 2.24) is 20.4 Å². The van der Waals surface area contributed by atoms with Gasteiger partial charge < -0.3 is 20.4 Å². The molecular formula is C25H42N6O. The number of amides is 1. The number of nitrogens with one attached hydrogen (secondary N) is 2. The number of anilines is 1. The minimum Gasteiger partial charge on any atom is -0.369 e. The zero-order valence-corrected chi connectivity index (χ0v) is 20.7. The number of aliphatic imine (C=N–C) groups is 1. The average Bonchev–Trinajstić information content (AvgIpc) is 3.24. The summed E-state index contributed by atoms with van der Waals surface area (Å²) in [5.74, 6) is 1.17. The number of nitrogens with zero attached hydrogens (tertiary/aromatic N) is 4. The Hall–Kier alpha value is -2.28. The van der Waals surface area contributed by atoms with Crippen LogP contribution in [0, 0.1) is 19.8 Å². The lowest BCUT2D eigenvalue weighted by atomic mass is 10.1. The van der Waals surface area contributed by atoms with Gasteiger partial charge in [0.1, 0.15) is 0 Å². The Bertz CT molecular complexity index is 785. The van der Waals surface area contributed by atoms with Crippen LogP contribution in [-0.2, 0) is 4.79 Å². The Balaban J connectivity index is 1.44. The molecule has 1 aromatic rings. The molecule has 2 aliphatic heterocycles. The Labute approximate surface area is 194 Å². The molecule has 1 aromatic carbocycles. The van der Waals surface area contributed by atoms with E-state index in [1.807, 2.05) is 18.7 Å². The Morgan fingerprint density at radius 2 is 1.91 bits per heavy atom. The number of likely N-dealkylation sites (tertiary alicyclic amines) is 1. The van der Waals surface area contributed by atoms with Crippen molar-refractivity contribution in [1.29, 1.82) is 0 Å². The van der Waals surface area contributed by atoms with E-state index in [0.29, 0.717) is 0 Å². The van der Waals surface area contributed by atoms with Gasteiger partial charge in [0.2, 0.25) is 5.91 Å². The molecule has 178 valence electrons. The number of carbonyl (C=O) groups excluding carboxylic acids is 1. The van der Waals surface area contributed by atoms with Gasteiger partial charge >= 0.3 is 0 Å². The summed E-state index contributed by atoms with van der Waals surface area (Å²) >= 11 is 0. The summed E-state index contributed by atoms with van der Waals surface area (Å²) in [7, 11) is 0. The number of benzene rings is 1. The molecule has 2 saturated heterocycles. The highest BCUT2D eigenvalue weighted by Gasteiger charge is 2.28. The van der Waals surface area contributed by atoms with Gasteiger partial charge in [-0.3, -0.25) is 14.7 Å². The third kappa shape index (κ3) is 6.37. The third-order valence-corrected chi connectivity index (χ3v) is 6.65. The molecule has 7 nitrogen and oxygen atoms in total. The molecule has 7 heteroatoms. The lowest BCUT2D eigenvalue weighted by Crippen LogP contribution is -2.48. The second-order valence-electron chi connectivity index (χ2n) is 9.38. The normalized spacial score (nSPS) is 20.2. The Morgan fingerprint density at radius 3 is 2.59 bits per heavy atom. The van der Waals surface area contributed by atoms with E-state index in [2.05, 4.69) is 59.4 Å². The number of hydrogen-bond acceptors (Lipinski definition) is 4. The smallest absolute Gasteiger partial charge is 0.225 e. The number of hydrogen-bond donors (Lipinski definition) is 2. The first kappa shape index (κ1) is 24.4. The molecule has 0 radical (unpaired) electrons. The van der Waals surface area contributed by atoms with Crippen molar-refractivity contribution in [3.8, 4) is 0 Å². The molecule has 2 aliphatic rings. The van der Waals surface area contributed by atoms with Gasteiger partial charge in [-0.05, 0) is 44.4 Å². The molecule has 0 aliphatic carbocycles. The van der Waals surface area contributed by atoms with Crippen molar-refractivity contribution in [3.05, 3.63) is 29.3 Å². The fourth-order valence-electron chi connectivity index (χ4n) is 4.55. The largest absolute Gasteiger partial charge is 0.369 e. The first-order valence-corrected chi connectivity index (χ1v) is 12.3. The van der Waals surface area contributed by atoms with Crippen LogP contribution in [0.4, 0.5) is 5.69 Å². The quantitative estimate of drug-likeness (QED) is 0.501. The van der Waals surface area contributed by atoms with Crippen molar-refractivity contribution in [2.24, 2.45) is 10.9 Å². The number of carbonyl (C=O) groups is 1. The maximum absolute atomic E-state index is 12.2. The topological polar surface area (TPSA) is 63.2 Å². The molecule has 2 fully saturated rings. The number of aryl methyl sites for hydroxylation is 1. The van der Waals surface area contributed by atoms with Crippen LogP contribution in [0.3, 0.4) is 0 Å². The minimum absolute atomic E-state index is 0.0611. The summed E-state index contributed by atoms with van der Waals surface area (Å²) in [5, 5.41) is 6.90. The molecule has 0 bridgehead atoms. The van der Waals surface area contributed by atoms with Gasteiger partial charge in [-0.2, -0.15) is 0 Å². The van der Waals surface area contributed by atoms with Crippen LogP contribution >= 0.6 is 0 Å².